The molecule has 0 spiro atoms. The van der Waals surface area contributed by atoms with E-state index in [2.05, 4.69) is 4.90 Å². The number of carbonyl (C=O) groups excluding carboxylic acids is 1. The molecule has 0 N–H and O–H groups in total. The highest BCUT2D eigenvalue weighted by Crippen LogP contribution is 2.20. The van der Waals surface area contributed by atoms with E-state index in [9.17, 15) is 4.79 Å². The lowest BCUT2D eigenvalue weighted by molar-refractivity contribution is 0.101. The fourth-order valence-electron chi connectivity index (χ4n) is 1.88. The summed E-state index contributed by atoms with van der Waals surface area (Å²) in [5, 5.41) is 0. The molecule has 1 heterocycles. The van der Waals surface area contributed by atoms with Gasteiger partial charge < -0.3 is 4.90 Å². The lowest BCUT2D eigenvalue weighted by Gasteiger charge is -2.17. The molecular formula is C13H19NO. The number of anilines is 1. The monoisotopic (exact) mass is 205 g/mol. The Morgan fingerprint density at radius 3 is 2.13 bits per heavy atom. The van der Waals surface area contributed by atoms with Crippen molar-refractivity contribution in [2.45, 2.75) is 27.2 Å². The van der Waals surface area contributed by atoms with Gasteiger partial charge in [-0.25, -0.2) is 0 Å². The summed E-state index contributed by atoms with van der Waals surface area (Å²) in [6, 6.07) is 7.91. The normalized spacial score (nSPS) is 14.9. The quantitative estimate of drug-likeness (QED) is 0.691. The van der Waals surface area contributed by atoms with Crippen LogP contribution in [0.25, 0.3) is 0 Å². The van der Waals surface area contributed by atoms with Crippen molar-refractivity contribution in [1.82, 2.24) is 0 Å². The van der Waals surface area contributed by atoms with Gasteiger partial charge in [0.15, 0.2) is 5.78 Å². The third kappa shape index (κ3) is 2.58. The van der Waals surface area contributed by atoms with Crippen molar-refractivity contribution < 1.29 is 4.79 Å². The zero-order valence-corrected chi connectivity index (χ0v) is 8.49. The van der Waals surface area contributed by atoms with Crippen LogP contribution in [-0.2, 0) is 0 Å². The number of Topliss-reactive ketones (excluding diaryl/α,β-unsaturated/α-hetero) is 1. The first kappa shape index (κ1) is 11.8. The number of carbonyl (C=O) groups is 1. The molecule has 0 unspecified atom stereocenters. The summed E-state index contributed by atoms with van der Waals surface area (Å²) in [4.78, 5) is 13.4. The molecule has 1 aliphatic rings. The molecule has 0 aromatic heterocycles. The Balaban J connectivity index is 0.00000112. The van der Waals surface area contributed by atoms with Gasteiger partial charge in [-0.05, 0) is 44.0 Å². The fraction of sp³-hybridized carbons (Fsp3) is 0.462. The number of benzene rings is 1. The minimum absolute atomic E-state index is 0. The van der Waals surface area contributed by atoms with Crippen molar-refractivity contribution in [3.05, 3.63) is 29.8 Å². The Kier molecular flexibility index (Phi) is 3.89. The second-order valence-corrected chi connectivity index (χ2v) is 3.80. The lowest BCUT2D eigenvalue weighted by atomic mass is 10.1. The highest BCUT2D eigenvalue weighted by atomic mass is 16.1. The molecule has 0 saturated carbocycles. The van der Waals surface area contributed by atoms with Crippen molar-refractivity contribution in [3.8, 4) is 0 Å². The second kappa shape index (κ2) is 4.96. The van der Waals surface area contributed by atoms with Crippen LogP contribution >= 0.6 is 0 Å². The van der Waals surface area contributed by atoms with Gasteiger partial charge in [0.1, 0.15) is 0 Å². The van der Waals surface area contributed by atoms with Gasteiger partial charge >= 0.3 is 0 Å². The van der Waals surface area contributed by atoms with Crippen LogP contribution in [0.5, 0.6) is 0 Å². The van der Waals surface area contributed by atoms with E-state index in [4.69, 9.17) is 0 Å². The Hall–Kier alpha value is -1.31. The average molecular weight is 205 g/mol. The molecule has 1 fully saturated rings. The van der Waals surface area contributed by atoms with Crippen molar-refractivity contribution >= 4 is 11.5 Å². The molecule has 1 aliphatic heterocycles. The highest BCUT2D eigenvalue weighted by molar-refractivity contribution is 5.94. The van der Waals surface area contributed by atoms with Gasteiger partial charge in [0.25, 0.3) is 0 Å². The van der Waals surface area contributed by atoms with Crippen LogP contribution in [-0.4, -0.2) is 18.9 Å². The first-order chi connectivity index (χ1) is 6.77. The molecular weight excluding hydrogens is 186 g/mol. The second-order valence-electron chi connectivity index (χ2n) is 3.80. The van der Waals surface area contributed by atoms with Crippen LogP contribution in [0.2, 0.25) is 0 Å². The largest absolute Gasteiger partial charge is 0.372 e. The average Bonchev–Trinajstić information content (AvgIpc) is 2.71. The predicted octanol–water partition coefficient (Wildman–Crippen LogP) is 3.13. The maximum atomic E-state index is 11.1. The minimum atomic E-state index is 0. The molecule has 0 bridgehead atoms. The SMILES string of the molecule is C.CC(=O)c1ccc(N2CCCC2)cc1. The van der Waals surface area contributed by atoms with E-state index in [1.807, 2.05) is 24.3 Å². The first-order valence-corrected chi connectivity index (χ1v) is 5.13. The summed E-state index contributed by atoms with van der Waals surface area (Å²) in [6.45, 7) is 3.91. The van der Waals surface area contributed by atoms with Gasteiger partial charge in [0, 0.05) is 24.3 Å². The van der Waals surface area contributed by atoms with Crippen LogP contribution in [0.1, 0.15) is 37.6 Å². The summed E-state index contributed by atoms with van der Waals surface area (Å²) in [7, 11) is 0. The number of rotatable bonds is 2. The maximum Gasteiger partial charge on any atom is 0.159 e. The van der Waals surface area contributed by atoms with Crippen molar-refractivity contribution in [3.63, 3.8) is 0 Å². The van der Waals surface area contributed by atoms with Crippen LogP contribution in [0.4, 0.5) is 5.69 Å². The predicted molar refractivity (Wildman–Crippen MR) is 64.6 cm³/mol. The van der Waals surface area contributed by atoms with Crippen LogP contribution in [0.15, 0.2) is 24.3 Å². The summed E-state index contributed by atoms with van der Waals surface area (Å²) >= 11 is 0. The number of nitrogens with zero attached hydrogens (tertiary/aromatic N) is 1. The van der Waals surface area contributed by atoms with E-state index in [1.54, 1.807) is 6.92 Å². The molecule has 82 valence electrons. The molecule has 0 amide bonds. The van der Waals surface area contributed by atoms with Gasteiger partial charge in [-0.15, -0.1) is 0 Å². The van der Waals surface area contributed by atoms with Gasteiger partial charge in [-0.1, -0.05) is 7.43 Å². The van der Waals surface area contributed by atoms with Gasteiger partial charge in [-0.2, -0.15) is 0 Å². The molecule has 0 aliphatic carbocycles. The third-order valence-corrected chi connectivity index (χ3v) is 2.75. The van der Waals surface area contributed by atoms with E-state index in [0.717, 1.165) is 18.7 Å². The van der Waals surface area contributed by atoms with E-state index in [0.29, 0.717) is 0 Å². The van der Waals surface area contributed by atoms with E-state index >= 15 is 0 Å². The zero-order valence-electron chi connectivity index (χ0n) is 8.49. The van der Waals surface area contributed by atoms with Gasteiger partial charge in [-0.3, -0.25) is 4.79 Å². The summed E-state index contributed by atoms with van der Waals surface area (Å²) < 4.78 is 0. The highest BCUT2D eigenvalue weighted by Gasteiger charge is 2.11. The van der Waals surface area contributed by atoms with E-state index in [1.165, 1.54) is 18.5 Å². The Morgan fingerprint density at radius 1 is 1.13 bits per heavy atom. The van der Waals surface area contributed by atoms with Crippen LogP contribution in [0, 0.1) is 0 Å². The lowest BCUT2D eigenvalue weighted by Crippen LogP contribution is -2.17. The molecule has 1 aromatic carbocycles. The molecule has 15 heavy (non-hydrogen) atoms. The smallest absolute Gasteiger partial charge is 0.159 e. The molecule has 1 saturated heterocycles. The van der Waals surface area contributed by atoms with Gasteiger partial charge in [0.2, 0.25) is 0 Å². The Morgan fingerprint density at radius 2 is 1.67 bits per heavy atom. The van der Waals surface area contributed by atoms with Crippen LogP contribution in [0.3, 0.4) is 0 Å². The Bertz CT molecular complexity index is 323. The van der Waals surface area contributed by atoms with Crippen molar-refractivity contribution in [2.75, 3.05) is 18.0 Å². The van der Waals surface area contributed by atoms with E-state index < -0.39 is 0 Å². The third-order valence-electron chi connectivity index (χ3n) is 2.75. The molecule has 0 atom stereocenters. The van der Waals surface area contributed by atoms with Crippen molar-refractivity contribution in [1.29, 1.82) is 0 Å². The maximum absolute atomic E-state index is 11.1. The fourth-order valence-corrected chi connectivity index (χ4v) is 1.88. The standard InChI is InChI=1S/C12H15NO.CH4/c1-10(14)11-4-6-12(7-5-11)13-8-2-3-9-13;/h4-7H,2-3,8-9H2,1H3;1H4. The number of ketones is 1. The van der Waals surface area contributed by atoms with Crippen molar-refractivity contribution in [2.24, 2.45) is 0 Å². The number of hydrogen-bond acceptors (Lipinski definition) is 2. The molecule has 1 aromatic rings. The summed E-state index contributed by atoms with van der Waals surface area (Å²) in [6.07, 6.45) is 2.57. The zero-order chi connectivity index (χ0) is 9.97. The molecule has 2 rings (SSSR count). The van der Waals surface area contributed by atoms with E-state index in [-0.39, 0.29) is 13.2 Å². The molecule has 2 heteroatoms. The number of hydrogen-bond donors (Lipinski definition) is 0. The molecule has 2 nitrogen and oxygen atoms in total. The molecule has 0 radical (unpaired) electrons. The summed E-state index contributed by atoms with van der Waals surface area (Å²) in [5.41, 5.74) is 2.04. The minimum Gasteiger partial charge on any atom is -0.372 e. The van der Waals surface area contributed by atoms with Crippen LogP contribution < -0.4 is 4.90 Å². The Labute approximate surface area is 91.9 Å². The van der Waals surface area contributed by atoms with Gasteiger partial charge in [0.05, 0.1) is 0 Å². The topological polar surface area (TPSA) is 20.3 Å². The summed E-state index contributed by atoms with van der Waals surface area (Å²) in [5.74, 6) is 0.137. The first-order valence-electron chi connectivity index (χ1n) is 5.13.